The Morgan fingerprint density at radius 2 is 1.83 bits per heavy atom. The molecule has 0 saturated carbocycles. The number of nitrogens with one attached hydrogen (secondary N) is 2. The second-order valence-electron chi connectivity index (χ2n) is 5.94. The zero-order valence-corrected chi connectivity index (χ0v) is 15.6. The minimum Gasteiger partial charge on any atom is -0.494 e. The van der Waals surface area contributed by atoms with E-state index in [2.05, 4.69) is 40.4 Å². The number of hydrogen-bond donors (Lipinski definition) is 2. The lowest BCUT2D eigenvalue weighted by molar-refractivity contribution is -0.114. The minimum atomic E-state index is -0.0980. The first kappa shape index (κ1) is 18.3. The second kappa shape index (κ2) is 9.33. The number of ether oxygens (including phenoxy) is 1. The number of amides is 1. The molecule has 24 heavy (non-hydrogen) atoms. The van der Waals surface area contributed by atoms with Crippen molar-refractivity contribution in [2.75, 3.05) is 23.8 Å². The average molecular weight is 391 g/mol. The monoisotopic (exact) mass is 390 g/mol. The third-order valence-corrected chi connectivity index (χ3v) is 4.11. The number of anilines is 2. The standard InChI is InChI=1S/C19H23BrN2O2/c1-14(2)11-12-24-16-9-7-15(8-10-16)21-13-19(23)22-18-6-4-3-5-17(18)20/h3-10,14,21H,11-13H2,1-2H3,(H,22,23). The lowest BCUT2D eigenvalue weighted by atomic mass is 10.1. The summed E-state index contributed by atoms with van der Waals surface area (Å²) < 4.78 is 6.54. The number of rotatable bonds is 8. The molecule has 2 rings (SSSR count). The number of hydrogen-bond acceptors (Lipinski definition) is 3. The minimum absolute atomic E-state index is 0.0980. The van der Waals surface area contributed by atoms with E-state index in [0.29, 0.717) is 5.92 Å². The van der Waals surface area contributed by atoms with Crippen molar-refractivity contribution >= 4 is 33.2 Å². The molecule has 0 radical (unpaired) electrons. The van der Waals surface area contributed by atoms with Crippen LogP contribution in [0, 0.1) is 5.92 Å². The summed E-state index contributed by atoms with van der Waals surface area (Å²) in [6, 6.07) is 15.2. The molecule has 5 heteroatoms. The quantitative estimate of drug-likeness (QED) is 0.671. The SMILES string of the molecule is CC(C)CCOc1ccc(NCC(=O)Nc2ccccc2Br)cc1. The summed E-state index contributed by atoms with van der Waals surface area (Å²) >= 11 is 3.41. The smallest absolute Gasteiger partial charge is 0.243 e. The first-order chi connectivity index (χ1) is 11.5. The topological polar surface area (TPSA) is 50.4 Å². The number of para-hydroxylation sites is 1. The van der Waals surface area contributed by atoms with Crippen LogP contribution >= 0.6 is 15.9 Å². The van der Waals surface area contributed by atoms with Crippen molar-refractivity contribution in [1.29, 1.82) is 0 Å². The van der Waals surface area contributed by atoms with Gasteiger partial charge in [0.2, 0.25) is 5.91 Å². The van der Waals surface area contributed by atoms with Crippen LogP contribution in [0.3, 0.4) is 0 Å². The van der Waals surface area contributed by atoms with E-state index in [4.69, 9.17) is 4.74 Å². The normalized spacial score (nSPS) is 10.5. The Hall–Kier alpha value is -2.01. The van der Waals surface area contributed by atoms with Gasteiger partial charge in [-0.25, -0.2) is 0 Å². The maximum Gasteiger partial charge on any atom is 0.243 e. The van der Waals surface area contributed by atoms with Gasteiger partial charge in [-0.3, -0.25) is 4.79 Å². The van der Waals surface area contributed by atoms with Crippen LogP contribution in [0.4, 0.5) is 11.4 Å². The van der Waals surface area contributed by atoms with E-state index >= 15 is 0 Å². The molecule has 128 valence electrons. The van der Waals surface area contributed by atoms with Gasteiger partial charge in [-0.2, -0.15) is 0 Å². The van der Waals surface area contributed by atoms with Gasteiger partial charge in [-0.05, 0) is 64.7 Å². The fraction of sp³-hybridized carbons (Fsp3) is 0.316. The third-order valence-electron chi connectivity index (χ3n) is 3.42. The first-order valence-corrected chi connectivity index (χ1v) is 8.85. The van der Waals surface area contributed by atoms with Gasteiger partial charge in [0.1, 0.15) is 5.75 Å². The van der Waals surface area contributed by atoms with Gasteiger partial charge in [0.05, 0.1) is 18.8 Å². The molecule has 0 spiro atoms. The molecule has 0 heterocycles. The lowest BCUT2D eigenvalue weighted by Crippen LogP contribution is -2.21. The van der Waals surface area contributed by atoms with Crippen molar-refractivity contribution in [3.63, 3.8) is 0 Å². The summed E-state index contributed by atoms with van der Waals surface area (Å²) in [5, 5.41) is 5.96. The predicted molar refractivity (Wildman–Crippen MR) is 103 cm³/mol. The molecule has 4 nitrogen and oxygen atoms in total. The van der Waals surface area contributed by atoms with Gasteiger partial charge in [0, 0.05) is 10.2 Å². The predicted octanol–water partition coefficient (Wildman–Crippen LogP) is 4.92. The largest absolute Gasteiger partial charge is 0.494 e. The van der Waals surface area contributed by atoms with Crippen molar-refractivity contribution in [1.82, 2.24) is 0 Å². The highest BCUT2D eigenvalue weighted by Crippen LogP contribution is 2.21. The van der Waals surface area contributed by atoms with Crippen molar-refractivity contribution in [3.8, 4) is 5.75 Å². The summed E-state index contributed by atoms with van der Waals surface area (Å²) in [5.41, 5.74) is 1.65. The van der Waals surface area contributed by atoms with Crippen molar-refractivity contribution in [2.45, 2.75) is 20.3 Å². The van der Waals surface area contributed by atoms with Gasteiger partial charge in [-0.1, -0.05) is 26.0 Å². The van der Waals surface area contributed by atoms with Crippen LogP contribution in [0.25, 0.3) is 0 Å². The molecule has 0 unspecified atom stereocenters. The number of benzene rings is 2. The molecule has 0 aliphatic heterocycles. The molecular weight excluding hydrogens is 368 g/mol. The van der Waals surface area contributed by atoms with E-state index in [0.717, 1.165) is 34.6 Å². The van der Waals surface area contributed by atoms with E-state index in [1.54, 1.807) is 0 Å². The summed E-state index contributed by atoms with van der Waals surface area (Å²) in [7, 11) is 0. The molecular formula is C19H23BrN2O2. The number of carbonyl (C=O) groups is 1. The Labute approximate surface area is 151 Å². The molecule has 2 aromatic carbocycles. The fourth-order valence-corrected chi connectivity index (χ4v) is 2.40. The Balaban J connectivity index is 1.77. The summed E-state index contributed by atoms with van der Waals surface area (Å²) in [6.45, 7) is 5.28. The number of halogens is 1. The van der Waals surface area contributed by atoms with Gasteiger partial charge < -0.3 is 15.4 Å². The zero-order valence-electron chi connectivity index (χ0n) is 14.0. The Morgan fingerprint density at radius 3 is 2.50 bits per heavy atom. The summed E-state index contributed by atoms with van der Waals surface area (Å²) in [5.74, 6) is 1.38. The van der Waals surface area contributed by atoms with E-state index in [1.807, 2.05) is 48.5 Å². The van der Waals surface area contributed by atoms with E-state index < -0.39 is 0 Å². The van der Waals surface area contributed by atoms with Gasteiger partial charge >= 0.3 is 0 Å². The van der Waals surface area contributed by atoms with Crippen LogP contribution in [0.2, 0.25) is 0 Å². The van der Waals surface area contributed by atoms with Crippen LogP contribution in [0.1, 0.15) is 20.3 Å². The third kappa shape index (κ3) is 6.24. The van der Waals surface area contributed by atoms with Gasteiger partial charge in [0.25, 0.3) is 0 Å². The molecule has 0 aliphatic carbocycles. The summed E-state index contributed by atoms with van der Waals surface area (Å²) in [6.07, 6.45) is 1.04. The fourth-order valence-electron chi connectivity index (χ4n) is 2.02. The van der Waals surface area contributed by atoms with Crippen LogP contribution in [-0.2, 0) is 4.79 Å². The van der Waals surface area contributed by atoms with E-state index in [9.17, 15) is 4.79 Å². The van der Waals surface area contributed by atoms with Crippen LogP contribution in [-0.4, -0.2) is 19.1 Å². The molecule has 2 N–H and O–H groups in total. The first-order valence-electron chi connectivity index (χ1n) is 8.05. The van der Waals surface area contributed by atoms with Gasteiger partial charge in [0.15, 0.2) is 0 Å². The highest BCUT2D eigenvalue weighted by atomic mass is 79.9. The van der Waals surface area contributed by atoms with Crippen LogP contribution in [0.15, 0.2) is 53.0 Å². The average Bonchev–Trinajstić information content (AvgIpc) is 2.56. The van der Waals surface area contributed by atoms with E-state index in [1.165, 1.54) is 0 Å². The lowest BCUT2D eigenvalue weighted by Gasteiger charge is -2.11. The van der Waals surface area contributed by atoms with Crippen molar-refractivity contribution in [3.05, 3.63) is 53.0 Å². The zero-order chi connectivity index (χ0) is 17.4. The second-order valence-corrected chi connectivity index (χ2v) is 6.79. The van der Waals surface area contributed by atoms with Crippen LogP contribution < -0.4 is 15.4 Å². The summed E-state index contributed by atoms with van der Waals surface area (Å²) in [4.78, 5) is 12.0. The maximum absolute atomic E-state index is 12.0. The number of carbonyl (C=O) groups excluding carboxylic acids is 1. The van der Waals surface area contributed by atoms with E-state index in [-0.39, 0.29) is 12.5 Å². The van der Waals surface area contributed by atoms with Crippen molar-refractivity contribution in [2.24, 2.45) is 5.92 Å². The molecule has 1 amide bonds. The molecule has 0 fully saturated rings. The maximum atomic E-state index is 12.0. The Bertz CT molecular complexity index is 657. The van der Waals surface area contributed by atoms with Crippen molar-refractivity contribution < 1.29 is 9.53 Å². The molecule has 0 aromatic heterocycles. The highest BCUT2D eigenvalue weighted by molar-refractivity contribution is 9.10. The molecule has 2 aromatic rings. The molecule has 0 aliphatic rings. The molecule has 0 bridgehead atoms. The Morgan fingerprint density at radius 1 is 1.12 bits per heavy atom. The van der Waals surface area contributed by atoms with Crippen LogP contribution in [0.5, 0.6) is 5.75 Å². The Kier molecular flexibility index (Phi) is 7.12. The van der Waals surface area contributed by atoms with Gasteiger partial charge in [-0.15, -0.1) is 0 Å². The molecule has 0 atom stereocenters. The highest BCUT2D eigenvalue weighted by Gasteiger charge is 2.05. The molecule has 0 saturated heterocycles.